The van der Waals surface area contributed by atoms with Crippen molar-refractivity contribution in [2.24, 2.45) is 5.73 Å². The first-order valence-corrected chi connectivity index (χ1v) is 7.82. The van der Waals surface area contributed by atoms with Gasteiger partial charge in [-0.2, -0.15) is 4.98 Å². The summed E-state index contributed by atoms with van der Waals surface area (Å²) in [5.41, 5.74) is 8.89. The van der Waals surface area contributed by atoms with Crippen LogP contribution in [0.4, 0.5) is 0 Å². The highest BCUT2D eigenvalue weighted by Crippen LogP contribution is 2.38. The van der Waals surface area contributed by atoms with Crippen molar-refractivity contribution in [1.82, 2.24) is 19.7 Å². The molecular formula is C17H14ClN5O. The van der Waals surface area contributed by atoms with Crippen LogP contribution in [-0.2, 0) is 6.54 Å². The minimum Gasteiger partial charge on any atom is -0.332 e. The molecular weight excluding hydrogens is 326 g/mol. The number of hydrogen-bond acceptors (Lipinski definition) is 5. The van der Waals surface area contributed by atoms with Gasteiger partial charge in [0.05, 0.1) is 28.1 Å². The fraction of sp³-hybridized carbons (Fsp3) is 0.118. The Bertz CT molecular complexity index is 1020. The lowest BCUT2D eigenvalue weighted by atomic mass is 10.2. The largest absolute Gasteiger partial charge is 0.332 e. The van der Waals surface area contributed by atoms with Crippen LogP contribution in [0.1, 0.15) is 11.5 Å². The van der Waals surface area contributed by atoms with Crippen molar-refractivity contribution >= 4 is 22.5 Å². The fourth-order valence-electron chi connectivity index (χ4n) is 2.72. The van der Waals surface area contributed by atoms with Crippen LogP contribution in [0.2, 0.25) is 5.02 Å². The molecule has 0 bridgehead atoms. The molecule has 6 nitrogen and oxygen atoms in total. The van der Waals surface area contributed by atoms with Crippen molar-refractivity contribution < 1.29 is 4.52 Å². The van der Waals surface area contributed by atoms with Gasteiger partial charge in [0, 0.05) is 11.9 Å². The first kappa shape index (κ1) is 14.9. The highest BCUT2D eigenvalue weighted by Gasteiger charge is 2.22. The topological polar surface area (TPSA) is 82.8 Å². The number of rotatable bonds is 3. The summed E-state index contributed by atoms with van der Waals surface area (Å²) >= 11 is 6.63. The molecule has 0 aliphatic heterocycles. The summed E-state index contributed by atoms with van der Waals surface area (Å²) < 4.78 is 7.33. The van der Waals surface area contributed by atoms with Crippen molar-refractivity contribution in [2.75, 3.05) is 0 Å². The smallest absolute Gasteiger partial charge is 0.276 e. The lowest BCUT2D eigenvalue weighted by Crippen LogP contribution is -2.02. The Kier molecular flexibility index (Phi) is 3.55. The second kappa shape index (κ2) is 5.74. The molecule has 2 N–H and O–H groups in total. The van der Waals surface area contributed by atoms with E-state index in [9.17, 15) is 0 Å². The summed E-state index contributed by atoms with van der Waals surface area (Å²) in [6.07, 6.45) is 1.76. The van der Waals surface area contributed by atoms with Gasteiger partial charge in [-0.25, -0.2) is 0 Å². The first-order valence-electron chi connectivity index (χ1n) is 7.44. The van der Waals surface area contributed by atoms with E-state index in [0.717, 1.165) is 22.3 Å². The third kappa shape index (κ3) is 2.28. The minimum absolute atomic E-state index is 0.372. The Morgan fingerprint density at radius 3 is 2.71 bits per heavy atom. The van der Waals surface area contributed by atoms with Gasteiger partial charge in [0.1, 0.15) is 5.69 Å². The van der Waals surface area contributed by atoms with Gasteiger partial charge in [-0.1, -0.05) is 35.0 Å². The summed E-state index contributed by atoms with van der Waals surface area (Å²) in [5, 5.41) is 5.35. The van der Waals surface area contributed by atoms with E-state index < -0.39 is 0 Å². The van der Waals surface area contributed by atoms with Crippen LogP contribution >= 0.6 is 11.6 Å². The van der Waals surface area contributed by atoms with Crippen LogP contribution in [0.25, 0.3) is 28.2 Å². The highest BCUT2D eigenvalue weighted by atomic mass is 35.5. The van der Waals surface area contributed by atoms with Crippen molar-refractivity contribution in [3.8, 4) is 17.3 Å². The van der Waals surface area contributed by atoms with Crippen molar-refractivity contribution in [3.63, 3.8) is 0 Å². The maximum Gasteiger partial charge on any atom is 0.276 e. The third-order valence-corrected chi connectivity index (χ3v) is 4.20. The molecule has 7 heteroatoms. The van der Waals surface area contributed by atoms with Gasteiger partial charge in [0.25, 0.3) is 5.89 Å². The number of nitrogens with zero attached hydrogens (tertiary/aromatic N) is 4. The predicted molar refractivity (Wildman–Crippen MR) is 92.0 cm³/mol. The van der Waals surface area contributed by atoms with Crippen LogP contribution < -0.4 is 5.73 Å². The van der Waals surface area contributed by atoms with Crippen molar-refractivity contribution in [3.05, 3.63) is 59.1 Å². The van der Waals surface area contributed by atoms with Gasteiger partial charge in [0.2, 0.25) is 0 Å². The molecule has 0 unspecified atom stereocenters. The van der Waals surface area contributed by atoms with Gasteiger partial charge in [0.15, 0.2) is 5.82 Å². The number of benzene rings is 1. The second-order valence-electron chi connectivity index (χ2n) is 5.37. The van der Waals surface area contributed by atoms with Crippen LogP contribution in [0.3, 0.4) is 0 Å². The van der Waals surface area contributed by atoms with Crippen LogP contribution in [0, 0.1) is 6.92 Å². The normalized spacial score (nSPS) is 11.3. The molecule has 0 aliphatic carbocycles. The van der Waals surface area contributed by atoms with Crippen LogP contribution in [0.15, 0.2) is 47.1 Å². The molecule has 120 valence electrons. The van der Waals surface area contributed by atoms with Crippen LogP contribution in [-0.4, -0.2) is 19.7 Å². The van der Waals surface area contributed by atoms with Gasteiger partial charge in [-0.05, 0) is 25.1 Å². The number of hydrogen-bond donors (Lipinski definition) is 1. The lowest BCUT2D eigenvalue weighted by molar-refractivity contribution is 0.424. The summed E-state index contributed by atoms with van der Waals surface area (Å²) in [6.45, 7) is 2.16. The molecule has 4 rings (SSSR count). The van der Waals surface area contributed by atoms with Crippen molar-refractivity contribution in [2.45, 2.75) is 13.5 Å². The number of aryl methyl sites for hydroxylation is 1. The maximum atomic E-state index is 6.63. The van der Waals surface area contributed by atoms with Gasteiger partial charge in [-0.3, -0.25) is 4.98 Å². The molecule has 0 amide bonds. The monoisotopic (exact) mass is 339 g/mol. The molecule has 1 aromatic carbocycles. The second-order valence-corrected chi connectivity index (χ2v) is 5.75. The molecule has 4 aromatic rings. The zero-order chi connectivity index (χ0) is 16.7. The molecule has 0 fully saturated rings. The number of aromatic nitrogens is 4. The lowest BCUT2D eigenvalue weighted by Gasteiger charge is -2.09. The number of halogens is 1. The molecule has 0 atom stereocenters. The zero-order valence-electron chi connectivity index (χ0n) is 12.9. The quantitative estimate of drug-likeness (QED) is 0.617. The van der Waals surface area contributed by atoms with Crippen LogP contribution in [0.5, 0.6) is 0 Å². The summed E-state index contributed by atoms with van der Waals surface area (Å²) in [5.74, 6) is 0.922. The standard InChI is InChI=1S/C17H14ClN5O/c1-10-21-17(24-22-10)16-15(18)13-4-2-3-5-14(13)23(16)12-7-6-11(8-19)20-9-12/h2-7,9H,8,19H2,1H3. The average Bonchev–Trinajstić information content (AvgIpc) is 3.17. The Morgan fingerprint density at radius 1 is 1.21 bits per heavy atom. The van der Waals surface area contributed by atoms with Gasteiger partial charge in [-0.15, -0.1) is 0 Å². The van der Waals surface area contributed by atoms with Gasteiger partial charge < -0.3 is 14.8 Å². The van der Waals surface area contributed by atoms with E-state index in [1.807, 2.05) is 41.0 Å². The SMILES string of the molecule is Cc1noc(-c2c(Cl)c3ccccc3n2-c2ccc(CN)nc2)n1. The van der Waals surface area contributed by atoms with E-state index in [1.54, 1.807) is 13.1 Å². The number of nitrogens with two attached hydrogens (primary N) is 1. The number of fused-ring (bicyclic) bond motifs is 1. The highest BCUT2D eigenvalue weighted by molar-refractivity contribution is 6.38. The van der Waals surface area contributed by atoms with E-state index in [2.05, 4.69) is 15.1 Å². The van der Waals surface area contributed by atoms with E-state index in [0.29, 0.717) is 29.0 Å². The molecule has 3 heterocycles. The Morgan fingerprint density at radius 2 is 2.04 bits per heavy atom. The van der Waals surface area contributed by atoms with E-state index in [-0.39, 0.29) is 0 Å². The van der Waals surface area contributed by atoms with Gasteiger partial charge >= 0.3 is 0 Å². The molecule has 0 saturated carbocycles. The maximum absolute atomic E-state index is 6.63. The average molecular weight is 340 g/mol. The third-order valence-electron chi connectivity index (χ3n) is 3.82. The van der Waals surface area contributed by atoms with E-state index >= 15 is 0 Å². The van der Waals surface area contributed by atoms with E-state index in [1.165, 1.54) is 0 Å². The molecule has 0 radical (unpaired) electrons. The molecule has 0 saturated heterocycles. The Balaban J connectivity index is 2.04. The molecule has 0 spiro atoms. The molecule has 0 aliphatic rings. The zero-order valence-corrected chi connectivity index (χ0v) is 13.7. The minimum atomic E-state index is 0.372. The Labute approximate surface area is 142 Å². The number of para-hydroxylation sites is 1. The summed E-state index contributed by atoms with van der Waals surface area (Å²) in [6, 6.07) is 11.7. The molecule has 24 heavy (non-hydrogen) atoms. The summed E-state index contributed by atoms with van der Waals surface area (Å²) in [7, 11) is 0. The molecule has 3 aromatic heterocycles. The predicted octanol–water partition coefficient (Wildman–Crippen LogP) is 3.50. The van der Waals surface area contributed by atoms with Crippen molar-refractivity contribution in [1.29, 1.82) is 0 Å². The Hall–Kier alpha value is -2.70. The van der Waals surface area contributed by atoms with E-state index in [4.69, 9.17) is 21.9 Å². The fourth-order valence-corrected chi connectivity index (χ4v) is 3.05. The summed E-state index contributed by atoms with van der Waals surface area (Å²) in [4.78, 5) is 8.71. The first-order chi connectivity index (χ1) is 11.7. The number of pyridine rings is 1.